The Morgan fingerprint density at radius 2 is 1.95 bits per heavy atom. The summed E-state index contributed by atoms with van der Waals surface area (Å²) in [6.45, 7) is 4.17. The van der Waals surface area contributed by atoms with E-state index in [1.165, 1.54) is 25.7 Å². The maximum absolute atomic E-state index is 10.1. The van der Waals surface area contributed by atoms with E-state index in [1.54, 1.807) is 12.1 Å². The van der Waals surface area contributed by atoms with Gasteiger partial charge in [-0.15, -0.1) is 0 Å². The summed E-state index contributed by atoms with van der Waals surface area (Å²) in [4.78, 5) is 2.38. The van der Waals surface area contributed by atoms with Gasteiger partial charge in [-0.25, -0.2) is 0 Å². The SMILES string of the molecule is CCN(CC(O)COc1ccc(N)cc1)C1CCCC1. The molecule has 1 aromatic rings. The molecule has 1 aromatic carbocycles. The Bertz CT molecular complexity index is 388. The Labute approximate surface area is 121 Å². The maximum atomic E-state index is 10.1. The van der Waals surface area contributed by atoms with Crippen LogP contribution in [0.2, 0.25) is 0 Å². The molecule has 0 aromatic heterocycles. The second-order valence-electron chi connectivity index (χ2n) is 5.56. The number of aliphatic hydroxyl groups excluding tert-OH is 1. The van der Waals surface area contributed by atoms with Crippen LogP contribution in [0.4, 0.5) is 5.69 Å². The monoisotopic (exact) mass is 278 g/mol. The molecule has 0 aliphatic heterocycles. The van der Waals surface area contributed by atoms with E-state index in [-0.39, 0.29) is 0 Å². The van der Waals surface area contributed by atoms with Crippen LogP contribution >= 0.6 is 0 Å². The van der Waals surface area contributed by atoms with Crippen LogP contribution in [0.15, 0.2) is 24.3 Å². The molecule has 0 saturated heterocycles. The van der Waals surface area contributed by atoms with Gasteiger partial charge in [0.2, 0.25) is 0 Å². The molecule has 0 spiro atoms. The number of hydrogen-bond donors (Lipinski definition) is 2. The van der Waals surface area contributed by atoms with E-state index in [2.05, 4.69) is 11.8 Å². The fourth-order valence-electron chi connectivity index (χ4n) is 2.89. The molecular formula is C16H26N2O2. The third kappa shape index (κ3) is 4.39. The summed E-state index contributed by atoms with van der Waals surface area (Å²) in [6, 6.07) is 7.91. The lowest BCUT2D eigenvalue weighted by Crippen LogP contribution is -2.41. The van der Waals surface area contributed by atoms with Gasteiger partial charge in [0.15, 0.2) is 0 Å². The van der Waals surface area contributed by atoms with Crippen molar-refractivity contribution < 1.29 is 9.84 Å². The van der Waals surface area contributed by atoms with E-state index < -0.39 is 6.10 Å². The highest BCUT2D eigenvalue weighted by Crippen LogP contribution is 2.23. The Morgan fingerprint density at radius 3 is 2.55 bits per heavy atom. The van der Waals surface area contributed by atoms with Crippen molar-refractivity contribution in [2.45, 2.75) is 44.8 Å². The lowest BCUT2D eigenvalue weighted by atomic mass is 10.2. The Kier molecular flexibility index (Phi) is 5.68. The second-order valence-corrected chi connectivity index (χ2v) is 5.56. The molecule has 0 heterocycles. The average Bonchev–Trinajstić information content (AvgIpc) is 2.98. The number of nitrogen functional groups attached to an aromatic ring is 1. The minimum absolute atomic E-state index is 0.327. The van der Waals surface area contributed by atoms with Gasteiger partial charge in [-0.1, -0.05) is 19.8 Å². The maximum Gasteiger partial charge on any atom is 0.119 e. The number of nitrogens with two attached hydrogens (primary N) is 1. The highest BCUT2D eigenvalue weighted by Gasteiger charge is 2.23. The molecule has 112 valence electrons. The van der Waals surface area contributed by atoms with Gasteiger partial charge >= 0.3 is 0 Å². The van der Waals surface area contributed by atoms with Gasteiger partial charge in [0, 0.05) is 18.3 Å². The van der Waals surface area contributed by atoms with Crippen LogP contribution < -0.4 is 10.5 Å². The van der Waals surface area contributed by atoms with E-state index in [9.17, 15) is 5.11 Å². The van der Waals surface area contributed by atoms with E-state index in [1.807, 2.05) is 12.1 Å². The van der Waals surface area contributed by atoms with Crippen LogP contribution in [-0.2, 0) is 0 Å². The first kappa shape index (κ1) is 15.1. The Morgan fingerprint density at radius 1 is 1.30 bits per heavy atom. The molecule has 1 saturated carbocycles. The van der Waals surface area contributed by atoms with Crippen molar-refractivity contribution in [3.63, 3.8) is 0 Å². The van der Waals surface area contributed by atoms with Crippen LogP contribution in [0.25, 0.3) is 0 Å². The first-order valence-corrected chi connectivity index (χ1v) is 7.59. The third-order valence-electron chi connectivity index (χ3n) is 4.02. The normalized spacial score (nSPS) is 17.6. The van der Waals surface area contributed by atoms with Gasteiger partial charge in [-0.3, -0.25) is 4.90 Å². The number of hydrogen-bond acceptors (Lipinski definition) is 4. The van der Waals surface area contributed by atoms with Crippen molar-refractivity contribution in [3.05, 3.63) is 24.3 Å². The van der Waals surface area contributed by atoms with Crippen LogP contribution in [-0.4, -0.2) is 41.8 Å². The van der Waals surface area contributed by atoms with Gasteiger partial charge in [0.1, 0.15) is 18.5 Å². The third-order valence-corrected chi connectivity index (χ3v) is 4.02. The molecule has 2 rings (SSSR count). The van der Waals surface area contributed by atoms with Gasteiger partial charge in [-0.2, -0.15) is 0 Å². The summed E-state index contributed by atoms with van der Waals surface area (Å²) in [6.07, 6.45) is 4.71. The molecule has 0 radical (unpaired) electrons. The molecule has 4 nitrogen and oxygen atoms in total. The zero-order chi connectivity index (χ0) is 14.4. The highest BCUT2D eigenvalue weighted by molar-refractivity contribution is 5.41. The lowest BCUT2D eigenvalue weighted by Gasteiger charge is -2.29. The molecule has 1 fully saturated rings. The van der Waals surface area contributed by atoms with Crippen LogP contribution in [0.5, 0.6) is 5.75 Å². The van der Waals surface area contributed by atoms with Gasteiger partial charge < -0.3 is 15.6 Å². The largest absolute Gasteiger partial charge is 0.491 e. The Hall–Kier alpha value is -1.26. The summed E-state index contributed by atoms with van der Waals surface area (Å²) >= 11 is 0. The standard InChI is InChI=1S/C16H26N2O2/c1-2-18(14-5-3-4-6-14)11-15(19)12-20-16-9-7-13(17)8-10-16/h7-10,14-15,19H,2-6,11-12,17H2,1H3. The minimum Gasteiger partial charge on any atom is -0.491 e. The Balaban J connectivity index is 1.76. The summed E-state index contributed by atoms with van der Waals surface area (Å²) in [5.74, 6) is 0.752. The summed E-state index contributed by atoms with van der Waals surface area (Å²) in [5.41, 5.74) is 6.34. The quantitative estimate of drug-likeness (QED) is 0.751. The van der Waals surface area contributed by atoms with Gasteiger partial charge in [0.05, 0.1) is 0 Å². The zero-order valence-electron chi connectivity index (χ0n) is 12.3. The molecule has 3 N–H and O–H groups in total. The minimum atomic E-state index is -0.451. The van der Waals surface area contributed by atoms with Crippen molar-refractivity contribution in [1.82, 2.24) is 4.90 Å². The number of nitrogens with zero attached hydrogens (tertiary/aromatic N) is 1. The second kappa shape index (κ2) is 7.50. The molecule has 0 bridgehead atoms. The van der Waals surface area contributed by atoms with E-state index in [4.69, 9.17) is 10.5 Å². The number of benzene rings is 1. The van der Waals surface area contributed by atoms with Crippen LogP contribution in [0, 0.1) is 0 Å². The smallest absolute Gasteiger partial charge is 0.119 e. The van der Waals surface area contributed by atoms with Gasteiger partial charge in [-0.05, 0) is 43.7 Å². The van der Waals surface area contributed by atoms with Crippen molar-refractivity contribution in [2.24, 2.45) is 0 Å². The summed E-state index contributed by atoms with van der Waals surface area (Å²) in [7, 11) is 0. The molecule has 20 heavy (non-hydrogen) atoms. The predicted octanol–water partition coefficient (Wildman–Crippen LogP) is 2.27. The predicted molar refractivity (Wildman–Crippen MR) is 81.9 cm³/mol. The number of aliphatic hydroxyl groups is 1. The number of ether oxygens (including phenoxy) is 1. The average molecular weight is 278 g/mol. The van der Waals surface area contributed by atoms with E-state index in [0.29, 0.717) is 19.2 Å². The highest BCUT2D eigenvalue weighted by atomic mass is 16.5. The molecule has 0 amide bonds. The van der Waals surface area contributed by atoms with E-state index >= 15 is 0 Å². The van der Waals surface area contributed by atoms with E-state index in [0.717, 1.165) is 18.0 Å². The topological polar surface area (TPSA) is 58.7 Å². The summed E-state index contributed by atoms with van der Waals surface area (Å²) in [5, 5.41) is 10.1. The fourth-order valence-corrected chi connectivity index (χ4v) is 2.89. The fraction of sp³-hybridized carbons (Fsp3) is 0.625. The number of rotatable bonds is 7. The number of anilines is 1. The van der Waals surface area contributed by atoms with Crippen molar-refractivity contribution in [1.29, 1.82) is 0 Å². The zero-order valence-corrected chi connectivity index (χ0v) is 12.3. The van der Waals surface area contributed by atoms with Crippen molar-refractivity contribution in [3.8, 4) is 5.75 Å². The van der Waals surface area contributed by atoms with Crippen LogP contribution in [0.3, 0.4) is 0 Å². The molecule has 1 aliphatic carbocycles. The van der Waals surface area contributed by atoms with Gasteiger partial charge in [0.25, 0.3) is 0 Å². The molecule has 1 unspecified atom stereocenters. The van der Waals surface area contributed by atoms with Crippen molar-refractivity contribution in [2.75, 3.05) is 25.4 Å². The molecule has 1 aliphatic rings. The molecule has 1 atom stereocenters. The first-order chi connectivity index (χ1) is 9.69. The first-order valence-electron chi connectivity index (χ1n) is 7.59. The van der Waals surface area contributed by atoms with Crippen LogP contribution in [0.1, 0.15) is 32.6 Å². The number of likely N-dealkylation sites (N-methyl/N-ethyl adjacent to an activating group) is 1. The molecule has 4 heteroatoms. The van der Waals surface area contributed by atoms with Crippen molar-refractivity contribution >= 4 is 5.69 Å². The summed E-state index contributed by atoms with van der Waals surface area (Å²) < 4.78 is 5.60. The lowest BCUT2D eigenvalue weighted by molar-refractivity contribution is 0.0551. The molecular weight excluding hydrogens is 252 g/mol.